The fraction of sp³-hybridized carbons (Fsp3) is 0.185. The number of ether oxygens (including phenoxy) is 1. The molecule has 1 unspecified atom stereocenters. The number of hydrogen-bond acceptors (Lipinski definition) is 3. The normalized spacial score (nSPS) is 11.9. The van der Waals surface area contributed by atoms with Gasteiger partial charge in [0.2, 0.25) is 0 Å². The van der Waals surface area contributed by atoms with Crippen LogP contribution in [-0.4, -0.2) is 22.7 Å². The molecule has 3 aromatic carbocycles. The second-order valence-corrected chi connectivity index (χ2v) is 8.25. The molecule has 0 bridgehead atoms. The quantitative estimate of drug-likeness (QED) is 0.346. The molecule has 4 nitrogen and oxygen atoms in total. The summed E-state index contributed by atoms with van der Waals surface area (Å²) in [5.74, 6) is -0.631. The number of carbonyl (C=O) groups is 1. The topological polar surface area (TPSA) is 59.4 Å². The first-order chi connectivity index (χ1) is 15.5. The number of aromatic nitrogens is 1. The van der Waals surface area contributed by atoms with Crippen LogP contribution in [0.5, 0.6) is 5.75 Å². The smallest absolute Gasteiger partial charge is 0.310 e. The van der Waals surface area contributed by atoms with Crippen LogP contribution in [0.1, 0.15) is 35.2 Å². The van der Waals surface area contributed by atoms with E-state index in [4.69, 9.17) is 16.3 Å². The van der Waals surface area contributed by atoms with Crippen LogP contribution in [0.4, 0.5) is 0 Å². The van der Waals surface area contributed by atoms with Crippen molar-refractivity contribution in [3.05, 3.63) is 106 Å². The van der Waals surface area contributed by atoms with E-state index in [0.29, 0.717) is 13.0 Å². The number of hydrogen-bond donors (Lipinski definition) is 1. The molecule has 32 heavy (non-hydrogen) atoms. The molecule has 0 aliphatic heterocycles. The van der Waals surface area contributed by atoms with Gasteiger partial charge in [-0.15, -0.1) is 0 Å². The maximum Gasteiger partial charge on any atom is 0.310 e. The third-order valence-electron chi connectivity index (χ3n) is 5.61. The maximum absolute atomic E-state index is 11.5. The number of benzene rings is 3. The molecule has 162 valence electrons. The number of fused-ring (bicyclic) bond motifs is 1. The number of aliphatic carboxylic acids is 1. The van der Waals surface area contributed by atoms with E-state index in [0.717, 1.165) is 44.8 Å². The zero-order valence-corrected chi connectivity index (χ0v) is 18.5. The SMILES string of the molecule is CC(C(=O)O)c1cnc(Cc2ccc(OCCc3ccc(Cl)cc3)cc2)c2ccccc12. The molecule has 0 radical (unpaired) electrons. The third-order valence-corrected chi connectivity index (χ3v) is 5.86. The lowest BCUT2D eigenvalue weighted by molar-refractivity contribution is -0.138. The molecule has 0 amide bonds. The number of halogens is 1. The predicted octanol–water partition coefficient (Wildman–Crippen LogP) is 6.29. The lowest BCUT2D eigenvalue weighted by Crippen LogP contribution is -2.09. The fourth-order valence-corrected chi connectivity index (χ4v) is 3.85. The van der Waals surface area contributed by atoms with E-state index in [1.165, 1.54) is 5.56 Å². The first-order valence-corrected chi connectivity index (χ1v) is 10.9. The van der Waals surface area contributed by atoms with Gasteiger partial charge in [-0.2, -0.15) is 0 Å². The molecule has 1 N–H and O–H groups in total. The van der Waals surface area contributed by atoms with Crippen LogP contribution in [0, 0.1) is 0 Å². The molecule has 5 heteroatoms. The van der Waals surface area contributed by atoms with Gasteiger partial charge < -0.3 is 9.84 Å². The van der Waals surface area contributed by atoms with Crippen molar-refractivity contribution >= 4 is 28.3 Å². The summed E-state index contributed by atoms with van der Waals surface area (Å²) in [6.07, 6.45) is 3.17. The Morgan fingerprint density at radius 1 is 0.969 bits per heavy atom. The summed E-state index contributed by atoms with van der Waals surface area (Å²) in [6.45, 7) is 2.29. The average molecular weight is 446 g/mol. The average Bonchev–Trinajstić information content (AvgIpc) is 2.81. The van der Waals surface area contributed by atoms with Gasteiger partial charge in [0.05, 0.1) is 18.2 Å². The van der Waals surface area contributed by atoms with Crippen LogP contribution in [0.15, 0.2) is 79.0 Å². The van der Waals surface area contributed by atoms with Crippen LogP contribution >= 0.6 is 11.6 Å². The van der Waals surface area contributed by atoms with E-state index < -0.39 is 11.9 Å². The summed E-state index contributed by atoms with van der Waals surface area (Å²) in [6, 6.07) is 23.7. The molecule has 0 spiro atoms. The van der Waals surface area contributed by atoms with Crippen molar-refractivity contribution in [3.8, 4) is 5.75 Å². The molecule has 1 heterocycles. The minimum absolute atomic E-state index is 0.594. The van der Waals surface area contributed by atoms with Gasteiger partial charge >= 0.3 is 5.97 Å². The third kappa shape index (κ3) is 5.09. The Hall–Kier alpha value is -3.37. The highest BCUT2D eigenvalue weighted by atomic mass is 35.5. The van der Waals surface area contributed by atoms with E-state index in [1.807, 2.05) is 72.8 Å². The van der Waals surface area contributed by atoms with Gasteiger partial charge in [0.1, 0.15) is 5.75 Å². The number of nitrogens with zero attached hydrogens (tertiary/aromatic N) is 1. The molecule has 0 saturated heterocycles. The number of carboxylic acids is 1. The predicted molar refractivity (Wildman–Crippen MR) is 128 cm³/mol. The maximum atomic E-state index is 11.5. The second kappa shape index (κ2) is 9.84. The van der Waals surface area contributed by atoms with Gasteiger partial charge in [0.15, 0.2) is 0 Å². The van der Waals surface area contributed by atoms with E-state index in [9.17, 15) is 9.90 Å². The summed E-state index contributed by atoms with van der Waals surface area (Å²) in [4.78, 5) is 16.1. The minimum atomic E-state index is -0.851. The van der Waals surface area contributed by atoms with E-state index in [1.54, 1.807) is 13.1 Å². The Morgan fingerprint density at radius 2 is 1.62 bits per heavy atom. The monoisotopic (exact) mass is 445 g/mol. The summed E-state index contributed by atoms with van der Waals surface area (Å²) in [7, 11) is 0. The van der Waals surface area contributed by atoms with Gasteiger partial charge in [0, 0.05) is 29.4 Å². The number of pyridine rings is 1. The molecule has 4 aromatic rings. The second-order valence-electron chi connectivity index (χ2n) is 7.81. The van der Waals surface area contributed by atoms with Crippen molar-refractivity contribution in [3.63, 3.8) is 0 Å². The molecular formula is C27H24ClNO3. The zero-order chi connectivity index (χ0) is 22.5. The molecule has 1 aromatic heterocycles. The van der Waals surface area contributed by atoms with Crippen molar-refractivity contribution in [2.75, 3.05) is 6.61 Å². The molecule has 0 aliphatic carbocycles. The Morgan fingerprint density at radius 3 is 2.31 bits per heavy atom. The van der Waals surface area contributed by atoms with E-state index >= 15 is 0 Å². The van der Waals surface area contributed by atoms with Gasteiger partial charge in [-0.05, 0) is 53.3 Å². The van der Waals surface area contributed by atoms with E-state index in [2.05, 4.69) is 4.98 Å². The summed E-state index contributed by atoms with van der Waals surface area (Å²) < 4.78 is 5.88. The van der Waals surface area contributed by atoms with Gasteiger partial charge in [-0.3, -0.25) is 9.78 Å². The van der Waals surface area contributed by atoms with Crippen LogP contribution in [0.25, 0.3) is 10.8 Å². The first-order valence-electron chi connectivity index (χ1n) is 10.6. The molecule has 0 aliphatic rings. The molecule has 4 rings (SSSR count). The highest BCUT2D eigenvalue weighted by Gasteiger charge is 2.18. The van der Waals surface area contributed by atoms with Crippen molar-refractivity contribution in [2.24, 2.45) is 0 Å². The van der Waals surface area contributed by atoms with Crippen molar-refractivity contribution in [1.29, 1.82) is 0 Å². The molecule has 0 fully saturated rings. The Kier molecular flexibility index (Phi) is 6.72. The van der Waals surface area contributed by atoms with E-state index in [-0.39, 0.29) is 0 Å². The van der Waals surface area contributed by atoms with Crippen LogP contribution in [0.3, 0.4) is 0 Å². The lowest BCUT2D eigenvalue weighted by atomic mass is 9.94. The molecule has 0 saturated carbocycles. The number of carboxylic acid groups (broad SMARTS) is 1. The zero-order valence-electron chi connectivity index (χ0n) is 17.8. The highest BCUT2D eigenvalue weighted by molar-refractivity contribution is 6.30. The standard InChI is InChI=1S/C27H24ClNO3/c1-18(27(30)31)25-17-29-26(24-5-3-2-4-23(24)25)16-20-8-12-22(13-9-20)32-15-14-19-6-10-21(28)11-7-19/h2-13,17-18H,14-16H2,1H3,(H,30,31). The largest absolute Gasteiger partial charge is 0.493 e. The van der Waals surface area contributed by atoms with Gasteiger partial charge in [-0.25, -0.2) is 0 Å². The van der Waals surface area contributed by atoms with Crippen molar-refractivity contribution in [2.45, 2.75) is 25.7 Å². The lowest BCUT2D eigenvalue weighted by Gasteiger charge is -2.13. The highest BCUT2D eigenvalue weighted by Crippen LogP contribution is 2.28. The molecular weight excluding hydrogens is 422 g/mol. The summed E-state index contributed by atoms with van der Waals surface area (Å²) in [5.41, 5.74) is 3.97. The van der Waals surface area contributed by atoms with Crippen molar-refractivity contribution < 1.29 is 14.6 Å². The van der Waals surface area contributed by atoms with Crippen molar-refractivity contribution in [1.82, 2.24) is 4.98 Å². The first kappa shape index (κ1) is 21.8. The number of rotatable bonds is 8. The Labute approximate surface area is 192 Å². The van der Waals surface area contributed by atoms with Crippen LogP contribution < -0.4 is 4.74 Å². The van der Waals surface area contributed by atoms with Gasteiger partial charge in [0.25, 0.3) is 0 Å². The summed E-state index contributed by atoms with van der Waals surface area (Å²) in [5, 5.41) is 12.1. The Bertz CT molecular complexity index is 1220. The molecule has 1 atom stereocenters. The Balaban J connectivity index is 1.45. The van der Waals surface area contributed by atoms with Gasteiger partial charge in [-0.1, -0.05) is 60.1 Å². The fourth-order valence-electron chi connectivity index (χ4n) is 3.73. The van der Waals surface area contributed by atoms with Crippen LogP contribution in [-0.2, 0) is 17.6 Å². The van der Waals surface area contributed by atoms with Crippen LogP contribution in [0.2, 0.25) is 5.02 Å². The summed E-state index contributed by atoms with van der Waals surface area (Å²) >= 11 is 5.92. The minimum Gasteiger partial charge on any atom is -0.493 e.